The van der Waals surface area contributed by atoms with Gasteiger partial charge in [0.25, 0.3) is 0 Å². The van der Waals surface area contributed by atoms with E-state index in [-0.39, 0.29) is 72.3 Å². The molecule has 2 rings (SSSR count). The summed E-state index contributed by atoms with van der Waals surface area (Å²) in [5, 5.41) is 12.9. The van der Waals surface area contributed by atoms with Crippen molar-refractivity contribution in [3.05, 3.63) is 25.3 Å². The fourth-order valence-electron chi connectivity index (χ4n) is 1.93. The van der Waals surface area contributed by atoms with Crippen LogP contribution in [0.5, 0.6) is 0 Å². The quantitative estimate of drug-likeness (QED) is 0.243. The number of rotatable bonds is 9. The van der Waals surface area contributed by atoms with Crippen LogP contribution in [0.3, 0.4) is 0 Å². The molecular weight excluding hydrogens is 371 g/mol. The van der Waals surface area contributed by atoms with Crippen molar-refractivity contribution in [1.82, 2.24) is 19.5 Å². The van der Waals surface area contributed by atoms with Gasteiger partial charge < -0.3 is 34.1 Å². The molecule has 2 N–H and O–H groups in total. The first-order valence-corrected chi connectivity index (χ1v) is 8.41. The molecule has 0 saturated carbocycles. The van der Waals surface area contributed by atoms with Gasteiger partial charge in [-0.2, -0.15) is 0 Å². The second-order valence-corrected chi connectivity index (χ2v) is 6.21. The summed E-state index contributed by atoms with van der Waals surface area (Å²) in [6.45, 7) is 3.88. The molecule has 2 aromatic rings. The second-order valence-electron chi connectivity index (χ2n) is 4.73. The third-order valence-electron chi connectivity index (χ3n) is 2.79. The molecule has 1 unspecified atom stereocenters. The molecule has 2 heterocycles. The normalized spacial score (nSPS) is 12.1. The van der Waals surface area contributed by atoms with Gasteiger partial charge in [-0.25, -0.2) is 15.0 Å². The Morgan fingerprint density at radius 3 is 2.76 bits per heavy atom. The third-order valence-corrected chi connectivity index (χ3v) is 3.29. The van der Waals surface area contributed by atoms with E-state index in [2.05, 4.69) is 31.6 Å². The molecule has 2 aromatic heterocycles. The van der Waals surface area contributed by atoms with Crippen molar-refractivity contribution >= 4 is 24.6 Å². The van der Waals surface area contributed by atoms with E-state index < -0.39 is 20.0 Å². The van der Waals surface area contributed by atoms with E-state index in [9.17, 15) is 19.5 Å². The number of imidazole rings is 1. The zero-order valence-electron chi connectivity index (χ0n) is 14.2. The molecule has 0 bridgehead atoms. The summed E-state index contributed by atoms with van der Waals surface area (Å²) < 4.78 is 16.8. The first-order valence-electron chi connectivity index (χ1n) is 6.68. The average Bonchev–Trinajstić information content (AvgIpc) is 2.87. The molecule has 13 heteroatoms. The summed E-state index contributed by atoms with van der Waals surface area (Å²) in [7, 11) is -4.74. The Labute approximate surface area is 188 Å². The Bertz CT molecular complexity index is 725. The van der Waals surface area contributed by atoms with E-state index in [1.54, 1.807) is 10.6 Å². The maximum absolute atomic E-state index is 10.5. The Balaban J connectivity index is 0.00000288. The molecule has 0 saturated heterocycles. The van der Waals surface area contributed by atoms with Crippen LogP contribution in [0, 0.1) is 0 Å². The Hall–Kier alpha value is 0.160. The molecular formula is C12H16N5Na2O5P. The number of ether oxygens (including phenoxy) is 1. The average molecular weight is 387 g/mol. The van der Waals surface area contributed by atoms with Crippen molar-refractivity contribution in [3.63, 3.8) is 0 Å². The van der Waals surface area contributed by atoms with Crippen molar-refractivity contribution in [2.24, 2.45) is 0 Å². The number of aromatic nitrogens is 4. The van der Waals surface area contributed by atoms with E-state index in [0.717, 1.165) is 0 Å². The van der Waals surface area contributed by atoms with Gasteiger partial charge in [-0.3, -0.25) is 0 Å². The van der Waals surface area contributed by atoms with Crippen molar-refractivity contribution in [3.8, 4) is 0 Å². The first kappa shape index (κ1) is 25.2. The fourth-order valence-corrected chi connectivity index (χ4v) is 2.26. The Morgan fingerprint density at radius 1 is 1.40 bits per heavy atom. The van der Waals surface area contributed by atoms with Gasteiger partial charge in [0.05, 0.1) is 31.9 Å². The van der Waals surface area contributed by atoms with Gasteiger partial charge in [-0.05, 0) is 7.60 Å². The summed E-state index contributed by atoms with van der Waals surface area (Å²) in [5.74, 6) is 0.532. The second kappa shape index (κ2) is 11.8. The largest absolute Gasteiger partial charge is 1.00 e. The number of fused-ring (bicyclic) bond motifs is 1. The van der Waals surface area contributed by atoms with Crippen LogP contribution in [0.4, 0.5) is 5.82 Å². The molecule has 1 atom stereocenters. The number of nitrogens with one attached hydrogen (secondary N) is 1. The topological polar surface area (TPSA) is 148 Å². The van der Waals surface area contributed by atoms with Gasteiger partial charge in [0.15, 0.2) is 11.5 Å². The summed E-state index contributed by atoms with van der Waals surface area (Å²) in [4.78, 5) is 33.2. The molecule has 10 nitrogen and oxygen atoms in total. The van der Waals surface area contributed by atoms with Crippen molar-refractivity contribution in [2.75, 3.05) is 24.8 Å². The first-order chi connectivity index (χ1) is 10.9. The van der Waals surface area contributed by atoms with Crippen LogP contribution in [0.1, 0.15) is 0 Å². The van der Waals surface area contributed by atoms with Crippen LogP contribution in [0.25, 0.3) is 11.2 Å². The molecule has 0 aliphatic carbocycles. The molecule has 0 amide bonds. The summed E-state index contributed by atoms with van der Waals surface area (Å²) in [6, 6.07) is 0. The van der Waals surface area contributed by atoms with Gasteiger partial charge in [0.2, 0.25) is 0 Å². The van der Waals surface area contributed by atoms with Crippen LogP contribution in [-0.2, 0) is 15.8 Å². The van der Waals surface area contributed by atoms with E-state index in [0.29, 0.717) is 23.5 Å². The number of nitrogens with zero attached hydrogens (tertiary/aromatic N) is 4. The smallest absolute Gasteiger partial charge is 0.809 e. The van der Waals surface area contributed by atoms with Crippen molar-refractivity contribution in [2.45, 2.75) is 12.6 Å². The van der Waals surface area contributed by atoms with Gasteiger partial charge in [0.1, 0.15) is 11.8 Å². The number of aliphatic hydroxyl groups is 1. The zero-order valence-corrected chi connectivity index (χ0v) is 19.1. The standard InChI is InChI=1S/C12H18N5O5P.2Na/c1-2-3-13-11-10-12(15-6-14-11)16-7-17(10)4-9(18)5-22-8-23(19,20)21;;/h2,6-7,9,18H,1,3-5,8H2,(H,13,14,15)(H2,19,20,21);;/q;2*+1/p-2. The van der Waals surface area contributed by atoms with Crippen LogP contribution < -0.4 is 74.2 Å². The molecule has 0 radical (unpaired) electrons. The monoisotopic (exact) mass is 387 g/mol. The zero-order chi connectivity index (χ0) is 16.9. The number of hydrogen-bond donors (Lipinski definition) is 2. The maximum atomic E-state index is 10.5. The number of anilines is 1. The third kappa shape index (κ3) is 8.15. The predicted octanol–water partition coefficient (Wildman–Crippen LogP) is -7.32. The van der Waals surface area contributed by atoms with Crippen LogP contribution in [0.15, 0.2) is 25.3 Å². The van der Waals surface area contributed by atoms with E-state index >= 15 is 0 Å². The minimum Gasteiger partial charge on any atom is -0.809 e. The van der Waals surface area contributed by atoms with Crippen LogP contribution in [0.2, 0.25) is 0 Å². The molecule has 0 spiro atoms. The molecule has 0 aliphatic heterocycles. The van der Waals surface area contributed by atoms with E-state index in [1.807, 2.05) is 0 Å². The Morgan fingerprint density at radius 2 is 2.12 bits per heavy atom. The Kier molecular flexibility index (Phi) is 11.9. The maximum Gasteiger partial charge on any atom is 1.00 e. The molecule has 0 fully saturated rings. The van der Waals surface area contributed by atoms with Crippen LogP contribution >= 0.6 is 7.60 Å². The molecule has 0 aliphatic rings. The summed E-state index contributed by atoms with van der Waals surface area (Å²) in [6.07, 6.45) is 2.54. The van der Waals surface area contributed by atoms with Gasteiger partial charge in [-0.15, -0.1) is 6.58 Å². The number of aliphatic hydroxyl groups excluding tert-OH is 1. The summed E-state index contributed by atoms with van der Waals surface area (Å²) in [5.41, 5.74) is 1.04. The minimum absolute atomic E-state index is 0. The molecule has 126 valence electrons. The molecule has 25 heavy (non-hydrogen) atoms. The van der Waals surface area contributed by atoms with E-state index in [1.165, 1.54) is 12.7 Å². The van der Waals surface area contributed by atoms with Crippen molar-refractivity contribution in [1.29, 1.82) is 0 Å². The van der Waals surface area contributed by atoms with E-state index in [4.69, 9.17) is 0 Å². The van der Waals surface area contributed by atoms with Crippen molar-refractivity contribution < 1.29 is 83.3 Å². The van der Waals surface area contributed by atoms with Gasteiger partial charge >= 0.3 is 59.1 Å². The SMILES string of the molecule is C=CCNc1ncnc2ncn(CC(O)COCP(=O)([O-])[O-])c12.[Na+].[Na+]. The predicted molar refractivity (Wildman–Crippen MR) is 78.4 cm³/mol. The molecule has 0 aromatic carbocycles. The fraction of sp³-hybridized carbons (Fsp3) is 0.417. The van der Waals surface area contributed by atoms with Gasteiger partial charge in [-0.1, -0.05) is 6.08 Å². The summed E-state index contributed by atoms with van der Waals surface area (Å²) >= 11 is 0. The minimum atomic E-state index is -4.74. The van der Waals surface area contributed by atoms with Gasteiger partial charge in [0, 0.05) is 6.54 Å². The van der Waals surface area contributed by atoms with Crippen LogP contribution in [-0.4, -0.2) is 50.2 Å². The number of hydrogen-bond acceptors (Lipinski definition) is 9.